The number of fused-ring (bicyclic) bond motifs is 1. The van der Waals surface area contributed by atoms with Crippen molar-refractivity contribution in [2.24, 2.45) is 0 Å². The summed E-state index contributed by atoms with van der Waals surface area (Å²) >= 11 is 1.04. The largest absolute Gasteiger partial charge is 0.406 e. The van der Waals surface area contributed by atoms with Crippen molar-refractivity contribution < 1.29 is 13.2 Å². The van der Waals surface area contributed by atoms with Crippen LogP contribution in [0.2, 0.25) is 0 Å². The molecule has 152 valence electrons. The van der Waals surface area contributed by atoms with E-state index in [1.807, 2.05) is 6.07 Å². The highest BCUT2D eigenvalue weighted by atomic mass is 32.2. The highest BCUT2D eigenvalue weighted by Crippen LogP contribution is 2.31. The standard InChI is InChI=1S/C19H13F3N6OS/c20-19(21,22)11-27-15(12-4-2-1-3-5-12)9-24-18(27)30-10-14-6-16(29)28-17(26-14)13(7-23)8-25-28/h1-6,8-9,25H,10-11H2. The van der Waals surface area contributed by atoms with Gasteiger partial charge in [-0.2, -0.15) is 18.4 Å². The highest BCUT2D eigenvalue weighted by molar-refractivity contribution is 7.98. The average molecular weight is 430 g/mol. The lowest BCUT2D eigenvalue weighted by molar-refractivity contribution is -0.141. The first kappa shape index (κ1) is 19.8. The highest BCUT2D eigenvalue weighted by Gasteiger charge is 2.30. The molecule has 0 aliphatic carbocycles. The van der Waals surface area contributed by atoms with Crippen molar-refractivity contribution in [1.29, 1.82) is 5.26 Å². The van der Waals surface area contributed by atoms with Gasteiger partial charge in [0.15, 0.2) is 10.8 Å². The summed E-state index contributed by atoms with van der Waals surface area (Å²) in [6.07, 6.45) is -1.67. The number of hydrogen-bond acceptors (Lipinski definition) is 5. The topological polar surface area (TPSA) is 91.8 Å². The zero-order chi connectivity index (χ0) is 21.3. The van der Waals surface area contributed by atoms with Gasteiger partial charge in [-0.25, -0.2) is 14.5 Å². The van der Waals surface area contributed by atoms with Gasteiger partial charge in [0.1, 0.15) is 18.2 Å². The van der Waals surface area contributed by atoms with Crippen molar-refractivity contribution in [2.75, 3.05) is 0 Å². The van der Waals surface area contributed by atoms with Crippen LogP contribution in [0.4, 0.5) is 13.2 Å². The summed E-state index contributed by atoms with van der Waals surface area (Å²) in [7, 11) is 0. The Hall–Kier alpha value is -3.52. The van der Waals surface area contributed by atoms with Crippen molar-refractivity contribution in [1.82, 2.24) is 24.1 Å². The van der Waals surface area contributed by atoms with E-state index >= 15 is 0 Å². The number of rotatable bonds is 5. The lowest BCUT2D eigenvalue weighted by Gasteiger charge is -2.14. The van der Waals surface area contributed by atoms with Gasteiger partial charge in [-0.3, -0.25) is 9.89 Å². The van der Waals surface area contributed by atoms with E-state index in [1.54, 1.807) is 30.3 Å². The summed E-state index contributed by atoms with van der Waals surface area (Å²) in [6.45, 7) is -1.19. The smallest absolute Gasteiger partial charge is 0.310 e. The number of halogens is 3. The van der Waals surface area contributed by atoms with Crippen LogP contribution in [0.25, 0.3) is 16.9 Å². The minimum Gasteiger partial charge on any atom is -0.310 e. The van der Waals surface area contributed by atoms with E-state index in [2.05, 4.69) is 15.1 Å². The van der Waals surface area contributed by atoms with E-state index in [9.17, 15) is 18.0 Å². The van der Waals surface area contributed by atoms with Crippen LogP contribution in [0.15, 0.2) is 58.7 Å². The maximum atomic E-state index is 13.2. The molecule has 0 aliphatic heterocycles. The van der Waals surface area contributed by atoms with Crippen LogP contribution < -0.4 is 5.56 Å². The molecule has 4 aromatic rings. The fraction of sp³-hybridized carbons (Fsp3) is 0.158. The van der Waals surface area contributed by atoms with Crippen LogP contribution in [0.3, 0.4) is 0 Å². The van der Waals surface area contributed by atoms with Crippen LogP contribution in [0.1, 0.15) is 11.3 Å². The number of nitrogens with one attached hydrogen (secondary N) is 1. The molecule has 0 atom stereocenters. The first-order valence-electron chi connectivity index (χ1n) is 8.66. The van der Waals surface area contributed by atoms with Crippen molar-refractivity contribution >= 4 is 17.4 Å². The van der Waals surface area contributed by atoms with Crippen molar-refractivity contribution in [2.45, 2.75) is 23.6 Å². The van der Waals surface area contributed by atoms with Gasteiger partial charge in [-0.15, -0.1) is 0 Å². The zero-order valence-corrected chi connectivity index (χ0v) is 16.0. The Morgan fingerprint density at radius 1 is 1.23 bits per heavy atom. The maximum Gasteiger partial charge on any atom is 0.406 e. The molecule has 0 unspecified atom stereocenters. The fourth-order valence-corrected chi connectivity index (χ4v) is 3.84. The number of aromatic nitrogens is 5. The second-order valence-corrected chi connectivity index (χ2v) is 7.27. The van der Waals surface area contributed by atoms with Gasteiger partial charge in [-0.05, 0) is 5.56 Å². The van der Waals surface area contributed by atoms with Gasteiger partial charge in [0.2, 0.25) is 0 Å². The minimum atomic E-state index is -4.43. The monoisotopic (exact) mass is 430 g/mol. The molecule has 11 heteroatoms. The number of hydrogen-bond donors (Lipinski definition) is 1. The summed E-state index contributed by atoms with van der Waals surface area (Å²) in [5, 5.41) is 11.9. The lowest BCUT2D eigenvalue weighted by atomic mass is 10.2. The Kier molecular flexibility index (Phi) is 5.09. The van der Waals surface area contributed by atoms with Crippen LogP contribution >= 0.6 is 11.8 Å². The number of nitriles is 1. The third kappa shape index (κ3) is 3.95. The van der Waals surface area contributed by atoms with E-state index in [1.165, 1.54) is 18.5 Å². The first-order chi connectivity index (χ1) is 14.4. The van der Waals surface area contributed by atoms with Gasteiger partial charge in [0, 0.05) is 18.0 Å². The first-order valence-corrected chi connectivity index (χ1v) is 9.65. The van der Waals surface area contributed by atoms with E-state index in [0.29, 0.717) is 17.0 Å². The molecule has 0 bridgehead atoms. The number of alkyl halides is 3. The molecule has 0 fully saturated rings. The summed E-state index contributed by atoms with van der Waals surface area (Å²) in [5.74, 6) is 0.116. The molecular weight excluding hydrogens is 417 g/mol. The summed E-state index contributed by atoms with van der Waals surface area (Å²) in [4.78, 5) is 20.6. The third-order valence-electron chi connectivity index (χ3n) is 4.25. The maximum absolute atomic E-state index is 13.2. The van der Waals surface area contributed by atoms with Crippen molar-refractivity contribution in [3.8, 4) is 17.3 Å². The van der Waals surface area contributed by atoms with E-state index in [0.717, 1.165) is 20.8 Å². The predicted octanol–water partition coefficient (Wildman–Crippen LogP) is 3.61. The van der Waals surface area contributed by atoms with Gasteiger partial charge in [0.05, 0.1) is 17.6 Å². The van der Waals surface area contributed by atoms with Crippen molar-refractivity contribution in [3.05, 3.63) is 70.4 Å². The second kappa shape index (κ2) is 7.72. The molecule has 0 radical (unpaired) electrons. The summed E-state index contributed by atoms with van der Waals surface area (Å²) < 4.78 is 41.8. The second-order valence-electron chi connectivity index (χ2n) is 6.33. The SMILES string of the molecule is N#Cc1c[nH]n2c(=O)cc(CSc3ncc(-c4ccccc4)n3CC(F)(F)F)nc12. The lowest BCUT2D eigenvalue weighted by Crippen LogP contribution is -2.19. The Balaban J connectivity index is 1.67. The molecule has 1 N–H and O–H groups in total. The Labute approximate surface area is 171 Å². The molecule has 0 amide bonds. The number of imidazole rings is 1. The number of thioether (sulfide) groups is 1. The quantitative estimate of drug-likeness (QED) is 0.489. The predicted molar refractivity (Wildman–Crippen MR) is 104 cm³/mol. The molecule has 30 heavy (non-hydrogen) atoms. The third-order valence-corrected chi connectivity index (χ3v) is 5.27. The molecule has 0 aliphatic rings. The number of nitrogens with zero attached hydrogens (tertiary/aromatic N) is 5. The molecule has 7 nitrogen and oxygen atoms in total. The van der Waals surface area contributed by atoms with Crippen LogP contribution in [0, 0.1) is 11.3 Å². The Morgan fingerprint density at radius 3 is 2.70 bits per heavy atom. The van der Waals surface area contributed by atoms with Gasteiger partial charge in [-0.1, -0.05) is 42.1 Å². The molecule has 0 spiro atoms. The molecule has 0 saturated heterocycles. The van der Waals surface area contributed by atoms with Gasteiger partial charge >= 0.3 is 6.18 Å². The van der Waals surface area contributed by atoms with Crippen LogP contribution in [0.5, 0.6) is 0 Å². The van der Waals surface area contributed by atoms with Crippen LogP contribution in [-0.2, 0) is 12.3 Å². The van der Waals surface area contributed by atoms with E-state index < -0.39 is 18.3 Å². The molecule has 4 rings (SSSR count). The summed E-state index contributed by atoms with van der Waals surface area (Å²) in [6, 6.07) is 11.9. The molecule has 3 heterocycles. The Bertz CT molecular complexity index is 1300. The summed E-state index contributed by atoms with van der Waals surface area (Å²) in [5.41, 5.74) is 1.25. The molecule has 1 aromatic carbocycles. The normalized spacial score (nSPS) is 11.7. The number of aromatic amines is 1. The van der Waals surface area contributed by atoms with Gasteiger partial charge < -0.3 is 4.57 Å². The molecular formula is C19H13F3N6OS. The minimum absolute atomic E-state index is 0.116. The fourth-order valence-electron chi connectivity index (χ4n) is 2.97. The zero-order valence-electron chi connectivity index (χ0n) is 15.2. The number of H-pyrrole nitrogens is 1. The van der Waals surface area contributed by atoms with Crippen LogP contribution in [-0.4, -0.2) is 30.3 Å². The van der Waals surface area contributed by atoms with Crippen molar-refractivity contribution in [3.63, 3.8) is 0 Å². The average Bonchev–Trinajstić information content (AvgIpc) is 3.30. The Morgan fingerprint density at radius 2 is 2.00 bits per heavy atom. The van der Waals surface area contributed by atoms with Gasteiger partial charge in [0.25, 0.3) is 5.56 Å². The number of benzene rings is 1. The van der Waals surface area contributed by atoms with E-state index in [-0.39, 0.29) is 22.1 Å². The molecule has 0 saturated carbocycles. The molecule has 3 aromatic heterocycles. The van der Waals surface area contributed by atoms with E-state index in [4.69, 9.17) is 5.26 Å².